The number of likely N-dealkylation sites (tertiary alicyclic amines) is 1. The highest BCUT2D eigenvalue weighted by Gasteiger charge is 2.23. The third-order valence-corrected chi connectivity index (χ3v) is 3.92. The second-order valence-corrected chi connectivity index (χ2v) is 5.35. The minimum atomic E-state index is -0.757. The summed E-state index contributed by atoms with van der Waals surface area (Å²) in [6.07, 6.45) is 2.59. The van der Waals surface area contributed by atoms with Crippen LogP contribution >= 0.6 is 12.4 Å². The van der Waals surface area contributed by atoms with E-state index >= 15 is 0 Å². The average molecular weight is 306 g/mol. The highest BCUT2D eigenvalue weighted by atomic mass is 35.5. The molecule has 2 aliphatic heterocycles. The van der Waals surface area contributed by atoms with Gasteiger partial charge in [-0.25, -0.2) is 0 Å². The van der Waals surface area contributed by atoms with Crippen LogP contribution in [0.25, 0.3) is 0 Å². The first kappa shape index (κ1) is 17.2. The van der Waals surface area contributed by atoms with E-state index in [1.165, 1.54) is 12.8 Å². The van der Waals surface area contributed by atoms with Crippen LogP contribution in [-0.4, -0.2) is 84.0 Å². The van der Waals surface area contributed by atoms with Gasteiger partial charge < -0.3 is 10.0 Å². The molecular weight excluding hydrogens is 282 g/mol. The van der Waals surface area contributed by atoms with E-state index in [4.69, 9.17) is 5.11 Å². The summed E-state index contributed by atoms with van der Waals surface area (Å²) in [5, 5.41) is 8.65. The van der Waals surface area contributed by atoms with Crippen LogP contribution in [0.2, 0.25) is 0 Å². The van der Waals surface area contributed by atoms with Gasteiger partial charge in [-0.1, -0.05) is 0 Å². The summed E-state index contributed by atoms with van der Waals surface area (Å²) in [6, 6.07) is 0. The first-order chi connectivity index (χ1) is 9.15. The van der Waals surface area contributed by atoms with Crippen LogP contribution in [0.4, 0.5) is 0 Å². The zero-order chi connectivity index (χ0) is 13.7. The molecule has 0 aromatic rings. The van der Waals surface area contributed by atoms with Crippen LogP contribution in [-0.2, 0) is 9.59 Å². The molecule has 6 nitrogen and oxygen atoms in total. The number of carbonyl (C=O) groups excluding carboxylic acids is 1. The number of hydrogen-bond acceptors (Lipinski definition) is 4. The van der Waals surface area contributed by atoms with Crippen molar-refractivity contribution in [2.45, 2.75) is 19.3 Å². The highest BCUT2D eigenvalue weighted by molar-refractivity contribution is 5.85. The van der Waals surface area contributed by atoms with Crippen molar-refractivity contribution in [1.29, 1.82) is 0 Å². The molecule has 2 aliphatic rings. The monoisotopic (exact) mass is 305 g/mol. The van der Waals surface area contributed by atoms with Crippen molar-refractivity contribution < 1.29 is 14.7 Å². The maximum atomic E-state index is 12.1. The Hall–Kier alpha value is -0.850. The highest BCUT2D eigenvalue weighted by Crippen LogP contribution is 2.09. The zero-order valence-corrected chi connectivity index (χ0v) is 12.6. The Balaban J connectivity index is 0.00000200. The fourth-order valence-corrected chi connectivity index (χ4v) is 2.71. The number of rotatable bonds is 5. The molecule has 0 unspecified atom stereocenters. The van der Waals surface area contributed by atoms with Gasteiger partial charge in [-0.3, -0.25) is 19.4 Å². The summed E-state index contributed by atoms with van der Waals surface area (Å²) in [6.45, 7) is 6.27. The number of carboxylic acids is 1. The largest absolute Gasteiger partial charge is 0.481 e. The Bertz CT molecular complexity index is 327. The normalized spacial score (nSPS) is 20.7. The predicted octanol–water partition coefficient (Wildman–Crippen LogP) is 0.123. The lowest BCUT2D eigenvalue weighted by Crippen LogP contribution is -2.51. The lowest BCUT2D eigenvalue weighted by Gasteiger charge is -2.35. The van der Waals surface area contributed by atoms with E-state index in [9.17, 15) is 9.59 Å². The van der Waals surface area contributed by atoms with Gasteiger partial charge in [-0.15, -0.1) is 12.4 Å². The molecule has 1 N–H and O–H groups in total. The van der Waals surface area contributed by atoms with Gasteiger partial charge in [0.25, 0.3) is 0 Å². The molecule has 0 saturated carbocycles. The van der Waals surface area contributed by atoms with Crippen molar-refractivity contribution in [2.24, 2.45) is 0 Å². The predicted molar refractivity (Wildman–Crippen MR) is 78.2 cm³/mol. The molecule has 20 heavy (non-hydrogen) atoms. The first-order valence-electron chi connectivity index (χ1n) is 7.09. The van der Waals surface area contributed by atoms with Gasteiger partial charge in [0.15, 0.2) is 0 Å². The topological polar surface area (TPSA) is 64.1 Å². The average Bonchev–Trinajstić information content (AvgIpc) is 2.89. The molecule has 7 heteroatoms. The lowest BCUT2D eigenvalue weighted by molar-refractivity contribution is -0.138. The van der Waals surface area contributed by atoms with E-state index in [1.807, 2.05) is 4.90 Å². The van der Waals surface area contributed by atoms with Crippen LogP contribution < -0.4 is 0 Å². The Morgan fingerprint density at radius 2 is 1.50 bits per heavy atom. The van der Waals surface area contributed by atoms with E-state index in [-0.39, 0.29) is 24.7 Å². The molecule has 116 valence electrons. The third-order valence-electron chi connectivity index (χ3n) is 3.92. The molecule has 0 spiro atoms. The molecule has 0 aromatic carbocycles. The number of hydrogen-bond donors (Lipinski definition) is 1. The molecule has 2 rings (SSSR count). The second kappa shape index (κ2) is 8.44. The molecule has 2 heterocycles. The standard InChI is InChI=1S/C13H23N3O3.ClH/c17-12(11-15-4-1-2-5-15)16-9-7-14(8-10-16)6-3-13(18)19;/h1-11H2,(H,18,19);1H. The van der Waals surface area contributed by atoms with Crippen LogP contribution in [0.5, 0.6) is 0 Å². The third kappa shape index (κ3) is 5.26. The number of piperazine rings is 1. The molecule has 2 fully saturated rings. The Kier molecular flexibility index (Phi) is 7.26. The number of aliphatic carboxylic acids is 1. The number of nitrogens with zero attached hydrogens (tertiary/aromatic N) is 3. The number of amides is 1. The van der Waals surface area contributed by atoms with Gasteiger partial charge in [0, 0.05) is 32.7 Å². The minimum Gasteiger partial charge on any atom is -0.481 e. The van der Waals surface area contributed by atoms with Gasteiger partial charge in [0.05, 0.1) is 13.0 Å². The van der Waals surface area contributed by atoms with Crippen molar-refractivity contribution in [3.8, 4) is 0 Å². The van der Waals surface area contributed by atoms with Crippen molar-refractivity contribution >= 4 is 24.3 Å². The fourth-order valence-electron chi connectivity index (χ4n) is 2.71. The molecule has 0 aromatic heterocycles. The second-order valence-electron chi connectivity index (χ2n) is 5.35. The van der Waals surface area contributed by atoms with Gasteiger partial charge in [0.1, 0.15) is 0 Å². The van der Waals surface area contributed by atoms with E-state index < -0.39 is 5.97 Å². The summed E-state index contributed by atoms with van der Waals surface area (Å²) < 4.78 is 0. The molecular formula is C13H24ClN3O3. The lowest BCUT2D eigenvalue weighted by atomic mass is 10.3. The smallest absolute Gasteiger partial charge is 0.304 e. The van der Waals surface area contributed by atoms with E-state index in [0.717, 1.165) is 39.3 Å². The molecule has 0 radical (unpaired) electrons. The van der Waals surface area contributed by atoms with Gasteiger partial charge >= 0.3 is 5.97 Å². The summed E-state index contributed by atoms with van der Waals surface area (Å²) in [5.74, 6) is -0.535. The van der Waals surface area contributed by atoms with Crippen LogP contribution in [0.3, 0.4) is 0 Å². The summed E-state index contributed by atoms with van der Waals surface area (Å²) >= 11 is 0. The van der Waals surface area contributed by atoms with Gasteiger partial charge in [-0.2, -0.15) is 0 Å². The molecule has 1 amide bonds. The number of halogens is 1. The van der Waals surface area contributed by atoms with E-state index in [2.05, 4.69) is 9.80 Å². The molecule has 2 saturated heterocycles. The molecule has 0 bridgehead atoms. The van der Waals surface area contributed by atoms with Crippen molar-refractivity contribution in [1.82, 2.24) is 14.7 Å². The number of carboxylic acid groups (broad SMARTS) is 1. The molecule has 0 aliphatic carbocycles. The van der Waals surface area contributed by atoms with Crippen LogP contribution in [0.1, 0.15) is 19.3 Å². The quantitative estimate of drug-likeness (QED) is 0.782. The minimum absolute atomic E-state index is 0. The maximum absolute atomic E-state index is 12.1. The van der Waals surface area contributed by atoms with Crippen molar-refractivity contribution in [3.05, 3.63) is 0 Å². The van der Waals surface area contributed by atoms with E-state index in [0.29, 0.717) is 13.1 Å². The Morgan fingerprint density at radius 1 is 0.900 bits per heavy atom. The Morgan fingerprint density at radius 3 is 2.05 bits per heavy atom. The fraction of sp³-hybridized carbons (Fsp3) is 0.846. The van der Waals surface area contributed by atoms with Crippen LogP contribution in [0, 0.1) is 0 Å². The first-order valence-corrected chi connectivity index (χ1v) is 7.09. The van der Waals surface area contributed by atoms with Gasteiger partial charge in [0.2, 0.25) is 5.91 Å². The van der Waals surface area contributed by atoms with Crippen LogP contribution in [0.15, 0.2) is 0 Å². The zero-order valence-electron chi connectivity index (χ0n) is 11.8. The van der Waals surface area contributed by atoms with Crippen molar-refractivity contribution in [2.75, 3.05) is 52.4 Å². The summed E-state index contributed by atoms with van der Waals surface area (Å²) in [7, 11) is 0. The van der Waals surface area contributed by atoms with Gasteiger partial charge in [-0.05, 0) is 25.9 Å². The summed E-state index contributed by atoms with van der Waals surface area (Å²) in [5.41, 5.74) is 0. The Labute approximate surface area is 126 Å². The summed E-state index contributed by atoms with van der Waals surface area (Å²) in [4.78, 5) is 28.9. The number of carbonyl (C=O) groups is 2. The van der Waals surface area contributed by atoms with Crippen molar-refractivity contribution in [3.63, 3.8) is 0 Å². The SMILES string of the molecule is Cl.O=C(O)CCN1CCN(C(=O)CN2CCCC2)CC1. The molecule has 0 atom stereocenters. The van der Waals surface area contributed by atoms with E-state index in [1.54, 1.807) is 0 Å². The maximum Gasteiger partial charge on any atom is 0.304 e.